The minimum Gasteiger partial charge on any atom is -0.332 e. The molecular formula is C10H7BrF2N2. The molecule has 0 saturated heterocycles. The monoisotopic (exact) mass is 272 g/mol. The Hall–Kier alpha value is -1.23. The number of imidazole rings is 1. The summed E-state index contributed by atoms with van der Waals surface area (Å²) in [7, 11) is 0. The maximum Gasteiger partial charge on any atom is 0.131 e. The molecule has 0 spiro atoms. The highest BCUT2D eigenvalue weighted by Gasteiger charge is 2.04. The Morgan fingerprint density at radius 2 is 2.13 bits per heavy atom. The molecule has 0 aliphatic rings. The van der Waals surface area contributed by atoms with Crippen molar-refractivity contribution in [2.45, 2.75) is 6.54 Å². The maximum atomic E-state index is 13.3. The van der Waals surface area contributed by atoms with E-state index in [0.29, 0.717) is 16.7 Å². The van der Waals surface area contributed by atoms with Crippen LogP contribution in [0.1, 0.15) is 5.56 Å². The van der Waals surface area contributed by atoms with Crippen LogP contribution < -0.4 is 0 Å². The van der Waals surface area contributed by atoms with Crippen molar-refractivity contribution in [3.8, 4) is 0 Å². The van der Waals surface area contributed by atoms with Gasteiger partial charge in [-0.3, -0.25) is 0 Å². The summed E-state index contributed by atoms with van der Waals surface area (Å²) >= 11 is 3.19. The minimum absolute atomic E-state index is 0.338. The summed E-state index contributed by atoms with van der Waals surface area (Å²) < 4.78 is 28.3. The molecule has 0 unspecified atom stereocenters. The lowest BCUT2D eigenvalue weighted by Gasteiger charge is -2.03. The van der Waals surface area contributed by atoms with Crippen LogP contribution in [0.3, 0.4) is 0 Å². The summed E-state index contributed by atoms with van der Waals surface area (Å²) in [4.78, 5) is 3.94. The van der Waals surface area contributed by atoms with Gasteiger partial charge in [-0.25, -0.2) is 13.8 Å². The van der Waals surface area contributed by atoms with Crippen molar-refractivity contribution in [2.75, 3.05) is 0 Å². The maximum absolute atomic E-state index is 13.3. The molecule has 2 aromatic rings. The second-order valence-corrected chi connectivity index (χ2v) is 3.92. The van der Waals surface area contributed by atoms with E-state index in [1.165, 1.54) is 12.1 Å². The van der Waals surface area contributed by atoms with Gasteiger partial charge in [0.1, 0.15) is 16.2 Å². The predicted octanol–water partition coefficient (Wildman–Crippen LogP) is 2.97. The Kier molecular flexibility index (Phi) is 2.81. The third kappa shape index (κ3) is 2.41. The van der Waals surface area contributed by atoms with Gasteiger partial charge in [-0.1, -0.05) is 6.07 Å². The predicted molar refractivity (Wildman–Crippen MR) is 55.4 cm³/mol. The second-order valence-electron chi connectivity index (χ2n) is 3.10. The van der Waals surface area contributed by atoms with Gasteiger partial charge in [0.15, 0.2) is 0 Å². The standard InChI is InChI=1S/C10H7BrF2N2/c11-10-5-15(6-14-10)4-7-1-2-8(12)3-9(7)13/h1-3,5-6H,4H2. The fourth-order valence-corrected chi connectivity index (χ4v) is 1.62. The van der Waals surface area contributed by atoms with E-state index < -0.39 is 11.6 Å². The SMILES string of the molecule is Fc1ccc(Cn2cnc(Br)c2)c(F)c1. The highest BCUT2D eigenvalue weighted by atomic mass is 79.9. The molecule has 0 atom stereocenters. The largest absolute Gasteiger partial charge is 0.332 e. The van der Waals surface area contributed by atoms with E-state index in [4.69, 9.17) is 0 Å². The molecule has 0 saturated carbocycles. The molecule has 0 fully saturated rings. The van der Waals surface area contributed by atoms with E-state index in [-0.39, 0.29) is 0 Å². The molecule has 0 radical (unpaired) electrons. The highest BCUT2D eigenvalue weighted by Crippen LogP contribution is 2.12. The number of benzene rings is 1. The lowest BCUT2D eigenvalue weighted by Crippen LogP contribution is -1.99. The van der Waals surface area contributed by atoms with E-state index in [1.54, 1.807) is 17.1 Å². The second kappa shape index (κ2) is 4.10. The zero-order chi connectivity index (χ0) is 10.8. The van der Waals surface area contributed by atoms with Crippen LogP contribution in [-0.4, -0.2) is 9.55 Å². The summed E-state index contributed by atoms with van der Waals surface area (Å²) in [6.45, 7) is 0.338. The van der Waals surface area contributed by atoms with Crippen LogP contribution in [0.15, 0.2) is 35.3 Å². The molecule has 0 amide bonds. The van der Waals surface area contributed by atoms with Gasteiger partial charge >= 0.3 is 0 Å². The average molecular weight is 273 g/mol. The van der Waals surface area contributed by atoms with Crippen molar-refractivity contribution in [2.24, 2.45) is 0 Å². The highest BCUT2D eigenvalue weighted by molar-refractivity contribution is 9.10. The third-order valence-electron chi connectivity index (χ3n) is 1.97. The van der Waals surface area contributed by atoms with Gasteiger partial charge < -0.3 is 4.57 Å². The number of halogens is 3. The topological polar surface area (TPSA) is 17.8 Å². The molecule has 1 aromatic carbocycles. The molecule has 0 N–H and O–H groups in total. The number of hydrogen-bond donors (Lipinski definition) is 0. The van der Waals surface area contributed by atoms with Gasteiger partial charge in [0, 0.05) is 17.8 Å². The number of rotatable bonds is 2. The molecule has 5 heteroatoms. The smallest absolute Gasteiger partial charge is 0.131 e. The Morgan fingerprint density at radius 3 is 2.73 bits per heavy atom. The van der Waals surface area contributed by atoms with Crippen LogP contribution in [0.2, 0.25) is 0 Å². The molecular weight excluding hydrogens is 266 g/mol. The van der Waals surface area contributed by atoms with Gasteiger partial charge in [-0.05, 0) is 22.0 Å². The lowest BCUT2D eigenvalue weighted by atomic mass is 10.2. The van der Waals surface area contributed by atoms with Crippen molar-refractivity contribution >= 4 is 15.9 Å². The summed E-state index contributed by atoms with van der Waals surface area (Å²) in [6.07, 6.45) is 3.30. The van der Waals surface area contributed by atoms with Crippen LogP contribution in [0.4, 0.5) is 8.78 Å². The fourth-order valence-electron chi connectivity index (χ4n) is 1.27. The van der Waals surface area contributed by atoms with Gasteiger partial charge in [0.25, 0.3) is 0 Å². The normalized spacial score (nSPS) is 10.6. The first-order chi connectivity index (χ1) is 7.15. The Balaban J connectivity index is 2.24. The Morgan fingerprint density at radius 1 is 1.33 bits per heavy atom. The number of hydrogen-bond acceptors (Lipinski definition) is 1. The van der Waals surface area contributed by atoms with Crippen molar-refractivity contribution in [1.82, 2.24) is 9.55 Å². The molecule has 78 valence electrons. The summed E-state index contributed by atoms with van der Waals surface area (Å²) in [5.74, 6) is -1.11. The molecule has 2 rings (SSSR count). The minimum atomic E-state index is -0.567. The van der Waals surface area contributed by atoms with Gasteiger partial charge in [-0.2, -0.15) is 0 Å². The van der Waals surface area contributed by atoms with Gasteiger partial charge in [0.2, 0.25) is 0 Å². The fraction of sp³-hybridized carbons (Fsp3) is 0.100. The van der Waals surface area contributed by atoms with Crippen LogP contribution >= 0.6 is 15.9 Å². The Bertz CT molecular complexity index is 482. The van der Waals surface area contributed by atoms with Crippen molar-refractivity contribution in [1.29, 1.82) is 0 Å². The first-order valence-corrected chi connectivity index (χ1v) is 5.05. The molecule has 0 aliphatic heterocycles. The van der Waals surface area contributed by atoms with Crippen LogP contribution in [0.5, 0.6) is 0 Å². The van der Waals surface area contributed by atoms with E-state index >= 15 is 0 Å². The average Bonchev–Trinajstić information content (AvgIpc) is 2.56. The molecule has 2 nitrogen and oxygen atoms in total. The van der Waals surface area contributed by atoms with E-state index in [1.807, 2.05) is 0 Å². The first-order valence-electron chi connectivity index (χ1n) is 4.26. The van der Waals surface area contributed by atoms with Crippen LogP contribution in [-0.2, 0) is 6.54 Å². The summed E-state index contributed by atoms with van der Waals surface area (Å²) in [5, 5.41) is 0. The van der Waals surface area contributed by atoms with E-state index in [0.717, 1.165) is 6.07 Å². The lowest BCUT2D eigenvalue weighted by molar-refractivity contribution is 0.566. The molecule has 0 bridgehead atoms. The Labute approximate surface area is 93.7 Å². The van der Waals surface area contributed by atoms with Crippen molar-refractivity contribution in [3.63, 3.8) is 0 Å². The number of nitrogens with zero attached hydrogens (tertiary/aromatic N) is 2. The molecule has 15 heavy (non-hydrogen) atoms. The van der Waals surface area contributed by atoms with Crippen LogP contribution in [0.25, 0.3) is 0 Å². The number of aromatic nitrogens is 2. The summed E-state index contributed by atoms with van der Waals surface area (Å²) in [6, 6.07) is 3.55. The zero-order valence-corrected chi connectivity index (χ0v) is 9.21. The molecule has 1 heterocycles. The first kappa shape index (κ1) is 10.3. The van der Waals surface area contributed by atoms with Crippen LogP contribution in [0, 0.1) is 11.6 Å². The van der Waals surface area contributed by atoms with Crippen molar-refractivity contribution in [3.05, 3.63) is 52.5 Å². The molecule has 0 aliphatic carbocycles. The van der Waals surface area contributed by atoms with Gasteiger partial charge in [0.05, 0.1) is 12.9 Å². The zero-order valence-electron chi connectivity index (χ0n) is 7.62. The van der Waals surface area contributed by atoms with E-state index in [9.17, 15) is 8.78 Å². The third-order valence-corrected chi connectivity index (χ3v) is 2.38. The summed E-state index contributed by atoms with van der Waals surface area (Å²) in [5.41, 5.74) is 0.432. The molecule has 1 aromatic heterocycles. The quantitative estimate of drug-likeness (QED) is 0.822. The van der Waals surface area contributed by atoms with Gasteiger partial charge in [-0.15, -0.1) is 0 Å². The van der Waals surface area contributed by atoms with Crippen molar-refractivity contribution < 1.29 is 8.78 Å². The van der Waals surface area contributed by atoms with E-state index in [2.05, 4.69) is 20.9 Å².